The van der Waals surface area contributed by atoms with Crippen LogP contribution >= 0.6 is 0 Å². The third-order valence-corrected chi connectivity index (χ3v) is 10.8. The molecule has 3 aliphatic rings. The van der Waals surface area contributed by atoms with Gasteiger partial charge in [-0.25, -0.2) is 0 Å². The Labute approximate surface area is 231 Å². The molecule has 1 amide bonds. The molecular formula is C33H53NO4. The highest BCUT2D eigenvalue weighted by Crippen LogP contribution is 2.71. The lowest BCUT2D eigenvalue weighted by Crippen LogP contribution is -2.40. The van der Waals surface area contributed by atoms with E-state index < -0.39 is 11.8 Å². The SMILES string of the molecule is C=C(C(N)=O)C(CC(=O)C1C(C(=O)C(CC(=O)CC(C)(C)CC)C(C)(C)C)CC2C1C2(C)C)CC1CCC1. The number of carbonyl (C=O) groups excluding carboxylic acids is 4. The van der Waals surface area contributed by atoms with Crippen molar-refractivity contribution in [3.05, 3.63) is 12.2 Å². The van der Waals surface area contributed by atoms with E-state index in [1.165, 1.54) is 6.42 Å². The quantitative estimate of drug-likeness (QED) is 0.254. The molecule has 3 saturated carbocycles. The first-order valence-electron chi connectivity index (χ1n) is 15.0. The summed E-state index contributed by atoms with van der Waals surface area (Å²) in [5.74, 6) is -0.540. The number of rotatable bonds is 14. The fraction of sp³-hybridized carbons (Fsp3) is 0.818. The van der Waals surface area contributed by atoms with Gasteiger partial charge in [0.15, 0.2) is 0 Å². The number of nitrogens with two attached hydrogens (primary N) is 1. The van der Waals surface area contributed by atoms with Crippen molar-refractivity contribution in [3.63, 3.8) is 0 Å². The Balaban J connectivity index is 1.83. The van der Waals surface area contributed by atoms with E-state index in [0.717, 1.165) is 32.1 Å². The Bertz CT molecular complexity index is 964. The van der Waals surface area contributed by atoms with E-state index in [9.17, 15) is 19.2 Å². The van der Waals surface area contributed by atoms with Crippen molar-refractivity contribution in [2.24, 2.45) is 63.4 Å². The first-order chi connectivity index (χ1) is 17.4. The number of primary amides is 1. The maximum atomic E-state index is 14.2. The summed E-state index contributed by atoms with van der Waals surface area (Å²) in [5.41, 5.74) is 5.54. The molecule has 3 aliphatic carbocycles. The van der Waals surface area contributed by atoms with Gasteiger partial charge in [0.1, 0.15) is 17.3 Å². The second kappa shape index (κ2) is 11.0. The molecule has 0 bridgehead atoms. The summed E-state index contributed by atoms with van der Waals surface area (Å²) in [5, 5.41) is 0. The van der Waals surface area contributed by atoms with Crippen molar-refractivity contribution < 1.29 is 19.2 Å². The zero-order valence-corrected chi connectivity index (χ0v) is 25.3. The molecule has 38 heavy (non-hydrogen) atoms. The maximum Gasteiger partial charge on any atom is 0.244 e. The molecule has 0 spiro atoms. The minimum atomic E-state index is -0.535. The Kier molecular flexibility index (Phi) is 8.91. The van der Waals surface area contributed by atoms with E-state index in [2.05, 4.69) is 41.2 Å². The van der Waals surface area contributed by atoms with Crippen LogP contribution in [-0.4, -0.2) is 23.3 Å². The number of Topliss-reactive ketones (excluding diaryl/α,β-unsaturated/α-hetero) is 3. The van der Waals surface area contributed by atoms with Gasteiger partial charge >= 0.3 is 0 Å². The molecule has 0 saturated heterocycles. The molecule has 0 aromatic rings. The predicted molar refractivity (Wildman–Crippen MR) is 152 cm³/mol. The predicted octanol–water partition coefficient (Wildman–Crippen LogP) is 6.72. The Morgan fingerprint density at radius 2 is 1.63 bits per heavy atom. The van der Waals surface area contributed by atoms with Gasteiger partial charge in [-0.15, -0.1) is 0 Å². The van der Waals surface area contributed by atoms with Crippen molar-refractivity contribution in [2.75, 3.05) is 0 Å². The van der Waals surface area contributed by atoms with Gasteiger partial charge in [-0.1, -0.05) is 87.7 Å². The fourth-order valence-electron chi connectivity index (χ4n) is 7.45. The van der Waals surface area contributed by atoms with Gasteiger partial charge < -0.3 is 5.73 Å². The van der Waals surface area contributed by atoms with E-state index in [-0.39, 0.29) is 70.1 Å². The summed E-state index contributed by atoms with van der Waals surface area (Å²) in [4.78, 5) is 53.4. The van der Waals surface area contributed by atoms with Crippen LogP contribution in [0.5, 0.6) is 0 Å². The number of hydrogen-bond donors (Lipinski definition) is 1. The molecule has 6 unspecified atom stereocenters. The summed E-state index contributed by atoms with van der Waals surface area (Å²) in [7, 11) is 0. The van der Waals surface area contributed by atoms with E-state index in [1.54, 1.807) is 0 Å². The zero-order chi connectivity index (χ0) is 28.8. The number of hydrogen-bond acceptors (Lipinski definition) is 4. The van der Waals surface area contributed by atoms with Crippen LogP contribution in [-0.2, 0) is 19.2 Å². The van der Waals surface area contributed by atoms with E-state index in [4.69, 9.17) is 5.73 Å². The fourth-order valence-corrected chi connectivity index (χ4v) is 7.45. The highest BCUT2D eigenvalue weighted by Gasteiger charge is 2.69. The summed E-state index contributed by atoms with van der Waals surface area (Å²) < 4.78 is 0. The molecule has 6 atom stereocenters. The smallest absolute Gasteiger partial charge is 0.244 e. The molecule has 5 heteroatoms. The van der Waals surface area contributed by atoms with Gasteiger partial charge in [0.25, 0.3) is 0 Å². The van der Waals surface area contributed by atoms with Crippen molar-refractivity contribution in [2.45, 2.75) is 113 Å². The average Bonchev–Trinajstić information content (AvgIpc) is 3.10. The molecule has 0 radical (unpaired) electrons. The van der Waals surface area contributed by atoms with Gasteiger partial charge in [0.05, 0.1) is 0 Å². The van der Waals surface area contributed by atoms with Gasteiger partial charge in [0.2, 0.25) is 5.91 Å². The Morgan fingerprint density at radius 3 is 2.11 bits per heavy atom. The van der Waals surface area contributed by atoms with Gasteiger partial charge in [0, 0.05) is 42.6 Å². The lowest BCUT2D eigenvalue weighted by Gasteiger charge is -2.35. The Morgan fingerprint density at radius 1 is 1.03 bits per heavy atom. The van der Waals surface area contributed by atoms with Gasteiger partial charge in [-0.3, -0.25) is 19.2 Å². The molecule has 2 N–H and O–H groups in total. The summed E-state index contributed by atoms with van der Waals surface area (Å²) >= 11 is 0. The van der Waals surface area contributed by atoms with E-state index in [0.29, 0.717) is 23.8 Å². The molecule has 5 nitrogen and oxygen atoms in total. The zero-order valence-electron chi connectivity index (χ0n) is 25.3. The first-order valence-corrected chi connectivity index (χ1v) is 15.0. The van der Waals surface area contributed by atoms with Crippen LogP contribution in [0.3, 0.4) is 0 Å². The van der Waals surface area contributed by atoms with Crippen LogP contribution in [0.4, 0.5) is 0 Å². The first kappa shape index (κ1) is 30.8. The third kappa shape index (κ3) is 6.50. The van der Waals surface area contributed by atoms with Crippen LogP contribution in [0.2, 0.25) is 0 Å². The summed E-state index contributed by atoms with van der Waals surface area (Å²) in [6.07, 6.45) is 6.76. The number of fused-ring (bicyclic) bond motifs is 1. The molecule has 3 rings (SSSR count). The van der Waals surface area contributed by atoms with Crippen LogP contribution in [0.1, 0.15) is 113 Å². The molecule has 0 heterocycles. The highest BCUT2D eigenvalue weighted by atomic mass is 16.2. The molecule has 0 aromatic heterocycles. The minimum Gasteiger partial charge on any atom is -0.366 e. The van der Waals surface area contributed by atoms with Crippen molar-refractivity contribution in [3.8, 4) is 0 Å². The van der Waals surface area contributed by atoms with Crippen molar-refractivity contribution >= 4 is 23.3 Å². The second-order valence-corrected chi connectivity index (χ2v) is 15.4. The molecular weight excluding hydrogens is 474 g/mol. The van der Waals surface area contributed by atoms with Crippen molar-refractivity contribution in [1.82, 2.24) is 0 Å². The van der Waals surface area contributed by atoms with Gasteiger partial charge in [-0.2, -0.15) is 0 Å². The van der Waals surface area contributed by atoms with E-state index in [1.807, 2.05) is 20.8 Å². The number of amides is 1. The standard InChI is InChI=1S/C33H53NO4/c1-10-32(6,7)18-22(35)16-25(31(3,4)5)29(37)23-17-24-28(33(24,8)9)27(23)26(36)15-21(19(2)30(34)38)14-20-12-11-13-20/h20-21,23-25,27-28H,2,10-18H2,1,3-9H3,(H2,34,38). The number of ketones is 3. The van der Waals surface area contributed by atoms with Crippen LogP contribution in [0.15, 0.2) is 12.2 Å². The second-order valence-electron chi connectivity index (χ2n) is 15.4. The Hall–Kier alpha value is -1.78. The van der Waals surface area contributed by atoms with Gasteiger partial charge in [-0.05, 0) is 52.8 Å². The lowest BCUT2D eigenvalue weighted by molar-refractivity contribution is -0.140. The normalized spacial score (nSPS) is 28.1. The maximum absolute atomic E-state index is 14.2. The van der Waals surface area contributed by atoms with Crippen LogP contribution < -0.4 is 5.73 Å². The monoisotopic (exact) mass is 527 g/mol. The molecule has 0 aliphatic heterocycles. The van der Waals surface area contributed by atoms with E-state index >= 15 is 0 Å². The third-order valence-electron chi connectivity index (χ3n) is 10.8. The average molecular weight is 528 g/mol. The summed E-state index contributed by atoms with van der Waals surface area (Å²) in [6, 6.07) is 0. The topological polar surface area (TPSA) is 94.3 Å². The van der Waals surface area contributed by atoms with Crippen LogP contribution in [0, 0.1) is 57.7 Å². The molecule has 3 fully saturated rings. The minimum absolute atomic E-state index is 0.0411. The molecule has 214 valence electrons. The largest absolute Gasteiger partial charge is 0.366 e. The molecule has 0 aromatic carbocycles. The summed E-state index contributed by atoms with van der Waals surface area (Å²) in [6.45, 7) is 20.8. The van der Waals surface area contributed by atoms with Crippen molar-refractivity contribution in [1.29, 1.82) is 0 Å². The number of carbonyl (C=O) groups is 4. The lowest BCUT2D eigenvalue weighted by atomic mass is 9.67. The highest BCUT2D eigenvalue weighted by molar-refractivity contribution is 5.96. The van der Waals surface area contributed by atoms with Crippen LogP contribution in [0.25, 0.3) is 0 Å².